The molecule has 0 spiro atoms. The zero-order valence-corrected chi connectivity index (χ0v) is 11.0. The standard InChI is InChI=1S/C9H16N2O7S/c1-19(17,18)4-6(9(15)16)11-7(12)3-2-5(10)8(13)14/h5-6H,2-4,10H2,1H3,(H,11,12)(H,13,14)(H,15,16). The maximum atomic E-state index is 11.4. The zero-order valence-electron chi connectivity index (χ0n) is 10.2. The predicted molar refractivity (Wildman–Crippen MR) is 64.1 cm³/mol. The number of amides is 1. The lowest BCUT2D eigenvalue weighted by Gasteiger charge is -2.14. The number of carboxylic acids is 2. The Hall–Kier alpha value is -1.68. The molecule has 0 rings (SSSR count). The van der Waals surface area contributed by atoms with Gasteiger partial charge in [-0.1, -0.05) is 0 Å². The van der Waals surface area contributed by atoms with Crippen LogP contribution in [-0.2, 0) is 24.2 Å². The Kier molecular flexibility index (Phi) is 6.42. The molecule has 19 heavy (non-hydrogen) atoms. The van der Waals surface area contributed by atoms with Gasteiger partial charge in [-0.3, -0.25) is 9.59 Å². The number of carbonyl (C=O) groups is 3. The molecule has 0 saturated heterocycles. The van der Waals surface area contributed by atoms with E-state index in [9.17, 15) is 22.8 Å². The van der Waals surface area contributed by atoms with Crippen molar-refractivity contribution in [1.82, 2.24) is 5.32 Å². The van der Waals surface area contributed by atoms with Crippen molar-refractivity contribution in [3.05, 3.63) is 0 Å². The number of nitrogens with two attached hydrogens (primary N) is 1. The summed E-state index contributed by atoms with van der Waals surface area (Å²) in [6.45, 7) is 0. The molecule has 0 aliphatic heterocycles. The molecular weight excluding hydrogens is 280 g/mol. The highest BCUT2D eigenvalue weighted by Gasteiger charge is 2.24. The lowest BCUT2D eigenvalue weighted by Crippen LogP contribution is -2.45. The van der Waals surface area contributed by atoms with Gasteiger partial charge in [0.05, 0.1) is 5.75 Å². The van der Waals surface area contributed by atoms with Crippen molar-refractivity contribution in [3.8, 4) is 0 Å². The predicted octanol–water partition coefficient (Wildman–Crippen LogP) is -2.21. The summed E-state index contributed by atoms with van der Waals surface area (Å²) < 4.78 is 21.9. The van der Waals surface area contributed by atoms with Crippen molar-refractivity contribution in [1.29, 1.82) is 0 Å². The van der Waals surface area contributed by atoms with Crippen LogP contribution in [-0.4, -0.2) is 60.6 Å². The van der Waals surface area contributed by atoms with Crippen molar-refractivity contribution in [2.45, 2.75) is 24.9 Å². The molecule has 0 aliphatic carbocycles. The highest BCUT2D eigenvalue weighted by Crippen LogP contribution is 1.98. The number of rotatable bonds is 8. The van der Waals surface area contributed by atoms with Crippen LogP contribution in [0.1, 0.15) is 12.8 Å². The first-order valence-electron chi connectivity index (χ1n) is 5.21. The van der Waals surface area contributed by atoms with Crippen molar-refractivity contribution < 1.29 is 33.0 Å². The van der Waals surface area contributed by atoms with E-state index in [4.69, 9.17) is 15.9 Å². The number of carboxylic acid groups (broad SMARTS) is 2. The van der Waals surface area contributed by atoms with Gasteiger partial charge < -0.3 is 21.3 Å². The Morgan fingerprint density at radius 2 is 1.74 bits per heavy atom. The summed E-state index contributed by atoms with van der Waals surface area (Å²) in [4.78, 5) is 32.5. The third-order valence-electron chi connectivity index (χ3n) is 2.10. The minimum absolute atomic E-state index is 0.174. The molecule has 0 aliphatic rings. The zero-order chi connectivity index (χ0) is 15.2. The number of aliphatic carboxylic acids is 2. The van der Waals surface area contributed by atoms with Crippen molar-refractivity contribution in [2.24, 2.45) is 5.73 Å². The van der Waals surface area contributed by atoms with Gasteiger partial charge in [0.15, 0.2) is 0 Å². The van der Waals surface area contributed by atoms with E-state index in [2.05, 4.69) is 0 Å². The molecule has 0 heterocycles. The number of carbonyl (C=O) groups excluding carboxylic acids is 1. The molecule has 0 aromatic rings. The van der Waals surface area contributed by atoms with Crippen LogP contribution in [0, 0.1) is 0 Å². The molecule has 2 unspecified atom stereocenters. The second-order valence-corrected chi connectivity index (χ2v) is 6.22. The van der Waals surface area contributed by atoms with E-state index in [1.54, 1.807) is 0 Å². The summed E-state index contributed by atoms with van der Waals surface area (Å²) in [6, 6.07) is -2.80. The fourth-order valence-corrected chi connectivity index (χ4v) is 1.99. The molecule has 9 nitrogen and oxygen atoms in total. The van der Waals surface area contributed by atoms with Crippen LogP contribution in [0.5, 0.6) is 0 Å². The van der Waals surface area contributed by atoms with Crippen molar-refractivity contribution >= 4 is 27.7 Å². The Labute approximate surface area is 109 Å². The highest BCUT2D eigenvalue weighted by atomic mass is 32.2. The quantitative estimate of drug-likeness (QED) is 0.391. The third-order valence-corrected chi connectivity index (χ3v) is 3.04. The SMILES string of the molecule is CS(=O)(=O)CC(NC(=O)CCC(N)C(=O)O)C(=O)O. The third kappa shape index (κ3) is 8.11. The van der Waals surface area contributed by atoms with Gasteiger partial charge in [0.25, 0.3) is 0 Å². The topological polar surface area (TPSA) is 164 Å². The van der Waals surface area contributed by atoms with E-state index in [0.717, 1.165) is 6.26 Å². The number of sulfone groups is 1. The summed E-state index contributed by atoms with van der Waals surface area (Å²) in [6.07, 6.45) is 0.364. The lowest BCUT2D eigenvalue weighted by atomic mass is 10.1. The lowest BCUT2D eigenvalue weighted by molar-refractivity contribution is -0.141. The molecule has 0 aromatic heterocycles. The van der Waals surface area contributed by atoms with E-state index < -0.39 is 45.5 Å². The van der Waals surface area contributed by atoms with Gasteiger partial charge in [0.2, 0.25) is 5.91 Å². The molecule has 2 atom stereocenters. The monoisotopic (exact) mass is 296 g/mol. The molecular formula is C9H16N2O7S. The summed E-state index contributed by atoms with van der Waals surface area (Å²) in [5.41, 5.74) is 5.17. The summed E-state index contributed by atoms with van der Waals surface area (Å²) >= 11 is 0. The van der Waals surface area contributed by atoms with Crippen LogP contribution in [0.3, 0.4) is 0 Å². The molecule has 0 fully saturated rings. The number of nitrogens with one attached hydrogen (secondary N) is 1. The van der Waals surface area contributed by atoms with Gasteiger partial charge in [-0.15, -0.1) is 0 Å². The average molecular weight is 296 g/mol. The van der Waals surface area contributed by atoms with E-state index in [1.807, 2.05) is 5.32 Å². The van der Waals surface area contributed by atoms with Gasteiger partial charge in [-0.25, -0.2) is 13.2 Å². The van der Waals surface area contributed by atoms with E-state index in [1.165, 1.54) is 0 Å². The van der Waals surface area contributed by atoms with Gasteiger partial charge in [-0.05, 0) is 6.42 Å². The average Bonchev–Trinajstić information content (AvgIpc) is 2.22. The minimum Gasteiger partial charge on any atom is -0.480 e. The smallest absolute Gasteiger partial charge is 0.327 e. The van der Waals surface area contributed by atoms with Gasteiger partial charge >= 0.3 is 11.9 Å². The van der Waals surface area contributed by atoms with Crippen molar-refractivity contribution in [3.63, 3.8) is 0 Å². The summed E-state index contributed by atoms with van der Waals surface area (Å²) in [5, 5.41) is 19.2. The summed E-state index contributed by atoms with van der Waals surface area (Å²) in [5.74, 6) is -4.27. The highest BCUT2D eigenvalue weighted by molar-refractivity contribution is 7.90. The number of hydrogen-bond acceptors (Lipinski definition) is 6. The first kappa shape index (κ1) is 17.3. The van der Waals surface area contributed by atoms with Crippen molar-refractivity contribution in [2.75, 3.05) is 12.0 Å². The first-order valence-corrected chi connectivity index (χ1v) is 7.27. The van der Waals surface area contributed by atoms with Crippen LogP contribution in [0.4, 0.5) is 0 Å². The van der Waals surface area contributed by atoms with Gasteiger partial charge in [-0.2, -0.15) is 0 Å². The van der Waals surface area contributed by atoms with E-state index >= 15 is 0 Å². The fraction of sp³-hybridized carbons (Fsp3) is 0.667. The molecule has 110 valence electrons. The van der Waals surface area contributed by atoms with Crippen LogP contribution in [0.15, 0.2) is 0 Å². The maximum Gasteiger partial charge on any atom is 0.327 e. The van der Waals surface area contributed by atoms with Gasteiger partial charge in [0.1, 0.15) is 21.9 Å². The van der Waals surface area contributed by atoms with E-state index in [-0.39, 0.29) is 12.8 Å². The molecule has 0 radical (unpaired) electrons. The Bertz CT molecular complexity index is 459. The van der Waals surface area contributed by atoms with Gasteiger partial charge in [0, 0.05) is 12.7 Å². The minimum atomic E-state index is -3.57. The van der Waals surface area contributed by atoms with E-state index in [0.29, 0.717) is 0 Å². The molecule has 5 N–H and O–H groups in total. The number of hydrogen-bond donors (Lipinski definition) is 4. The normalized spacial score (nSPS) is 14.4. The molecule has 0 bridgehead atoms. The van der Waals surface area contributed by atoms with Crippen LogP contribution < -0.4 is 11.1 Å². The Balaban J connectivity index is 4.41. The Morgan fingerprint density at radius 1 is 1.21 bits per heavy atom. The Morgan fingerprint density at radius 3 is 2.11 bits per heavy atom. The second kappa shape index (κ2) is 7.04. The molecule has 0 saturated carbocycles. The second-order valence-electron chi connectivity index (χ2n) is 4.03. The first-order chi connectivity index (χ1) is 8.53. The maximum absolute atomic E-state index is 11.4. The molecule has 0 aromatic carbocycles. The summed E-state index contributed by atoms with van der Waals surface area (Å²) in [7, 11) is -3.57. The molecule has 1 amide bonds. The molecule has 10 heteroatoms. The fourth-order valence-electron chi connectivity index (χ4n) is 1.15. The van der Waals surface area contributed by atoms with Crippen LogP contribution in [0.2, 0.25) is 0 Å². The van der Waals surface area contributed by atoms with Crippen LogP contribution in [0.25, 0.3) is 0 Å². The van der Waals surface area contributed by atoms with Crippen LogP contribution >= 0.6 is 0 Å². The largest absolute Gasteiger partial charge is 0.480 e.